The molecule has 0 aliphatic heterocycles. The van der Waals surface area contributed by atoms with E-state index in [-0.39, 0.29) is 51.0 Å². The number of halogens is 5. The van der Waals surface area contributed by atoms with Crippen molar-refractivity contribution in [2.24, 2.45) is 0 Å². The number of nitrogens with one attached hydrogen (secondary N) is 2. The van der Waals surface area contributed by atoms with Gasteiger partial charge in [-0.15, -0.1) is 0 Å². The molecule has 0 saturated carbocycles. The molecule has 0 spiro atoms. The summed E-state index contributed by atoms with van der Waals surface area (Å²) in [5, 5.41) is 0. The number of aromatic nitrogens is 4. The number of hydrogen-bond acceptors (Lipinski definition) is 5. The third-order valence-corrected chi connectivity index (χ3v) is 5.54. The molecule has 7 nitrogen and oxygen atoms in total. The summed E-state index contributed by atoms with van der Waals surface area (Å²) >= 11 is 0. The zero-order valence-corrected chi connectivity index (χ0v) is 19.0. The van der Waals surface area contributed by atoms with Crippen LogP contribution in [0.2, 0.25) is 0 Å². The minimum absolute atomic E-state index is 0.0721. The van der Waals surface area contributed by atoms with Gasteiger partial charge in [-0.25, -0.2) is 18.7 Å². The van der Waals surface area contributed by atoms with Crippen LogP contribution in [0.3, 0.4) is 0 Å². The van der Waals surface area contributed by atoms with E-state index in [1.54, 1.807) is 0 Å². The number of rotatable bonds is 4. The Bertz CT molecular complexity index is 1610. The van der Waals surface area contributed by atoms with E-state index in [4.69, 9.17) is 4.74 Å². The number of nitrogens with zero attached hydrogens (tertiary/aromatic N) is 2. The van der Waals surface area contributed by atoms with Gasteiger partial charge in [0.25, 0.3) is 5.56 Å². The maximum Gasteiger partial charge on any atom is 0.418 e. The van der Waals surface area contributed by atoms with Crippen LogP contribution in [-0.2, 0) is 6.18 Å². The first-order chi connectivity index (χ1) is 16.9. The number of pyridine rings is 2. The molecule has 186 valence electrons. The number of alkyl halides is 3. The summed E-state index contributed by atoms with van der Waals surface area (Å²) in [6.45, 7) is 3.84. The molecular weight excluding hydrogens is 487 g/mol. The van der Waals surface area contributed by atoms with Gasteiger partial charge in [-0.1, -0.05) is 0 Å². The predicted octanol–water partition coefficient (Wildman–Crippen LogP) is 5.20. The van der Waals surface area contributed by atoms with Gasteiger partial charge in [0.05, 0.1) is 22.4 Å². The van der Waals surface area contributed by atoms with Crippen LogP contribution in [0.5, 0.6) is 11.6 Å². The fraction of sp³-hybridized carbons (Fsp3) is 0.167. The lowest BCUT2D eigenvalue weighted by molar-refractivity contribution is -0.138. The van der Waals surface area contributed by atoms with Crippen molar-refractivity contribution < 1.29 is 26.7 Å². The van der Waals surface area contributed by atoms with E-state index in [1.807, 2.05) is 0 Å². The second-order valence-electron chi connectivity index (χ2n) is 7.88. The lowest BCUT2D eigenvalue weighted by Gasteiger charge is -2.19. The Morgan fingerprint density at radius 1 is 0.972 bits per heavy atom. The van der Waals surface area contributed by atoms with Crippen LogP contribution < -0.4 is 15.7 Å². The fourth-order valence-electron chi connectivity index (χ4n) is 3.76. The quantitative estimate of drug-likeness (QED) is 0.372. The Kier molecular flexibility index (Phi) is 6.21. The van der Waals surface area contributed by atoms with Gasteiger partial charge in [0.1, 0.15) is 11.4 Å². The Morgan fingerprint density at radius 3 is 2.33 bits per heavy atom. The van der Waals surface area contributed by atoms with E-state index in [0.717, 1.165) is 25.1 Å². The van der Waals surface area contributed by atoms with Crippen molar-refractivity contribution in [3.63, 3.8) is 0 Å². The highest BCUT2D eigenvalue weighted by Crippen LogP contribution is 2.41. The maximum atomic E-state index is 14.1. The highest BCUT2D eigenvalue weighted by Gasteiger charge is 2.35. The zero-order valence-electron chi connectivity index (χ0n) is 19.0. The first kappa shape index (κ1) is 24.8. The summed E-state index contributed by atoms with van der Waals surface area (Å²) in [7, 11) is 0. The molecule has 0 saturated heterocycles. The van der Waals surface area contributed by atoms with Gasteiger partial charge < -0.3 is 14.7 Å². The molecule has 36 heavy (non-hydrogen) atoms. The molecule has 0 bridgehead atoms. The van der Waals surface area contributed by atoms with Crippen LogP contribution in [0, 0.1) is 32.4 Å². The molecule has 4 rings (SSSR count). The maximum absolute atomic E-state index is 14.1. The van der Waals surface area contributed by atoms with E-state index in [0.29, 0.717) is 6.20 Å². The summed E-state index contributed by atoms with van der Waals surface area (Å²) in [4.78, 5) is 38.1. The smallest absolute Gasteiger partial charge is 0.418 e. The Labute approximate surface area is 199 Å². The second kappa shape index (κ2) is 9.02. The van der Waals surface area contributed by atoms with Gasteiger partial charge >= 0.3 is 6.18 Å². The van der Waals surface area contributed by atoms with Crippen molar-refractivity contribution in [2.75, 3.05) is 0 Å². The number of ether oxygens (including phenoxy) is 1. The molecule has 3 aromatic heterocycles. The molecule has 0 aliphatic carbocycles. The molecule has 0 atom stereocenters. The van der Waals surface area contributed by atoms with Crippen molar-refractivity contribution >= 4 is 0 Å². The Morgan fingerprint density at radius 2 is 1.69 bits per heavy atom. The van der Waals surface area contributed by atoms with Crippen LogP contribution in [0.4, 0.5) is 22.0 Å². The normalized spacial score (nSPS) is 11.6. The monoisotopic (exact) mass is 504 g/mol. The van der Waals surface area contributed by atoms with Crippen molar-refractivity contribution in [1.29, 1.82) is 0 Å². The average molecular weight is 504 g/mol. The molecule has 12 heteroatoms. The van der Waals surface area contributed by atoms with E-state index in [9.17, 15) is 31.5 Å². The Hall–Kier alpha value is -4.35. The number of benzene rings is 1. The van der Waals surface area contributed by atoms with Crippen LogP contribution >= 0.6 is 0 Å². The molecule has 4 aromatic rings. The summed E-state index contributed by atoms with van der Waals surface area (Å²) in [6.07, 6.45) is -1.67. The molecule has 2 N–H and O–H groups in total. The second-order valence-corrected chi connectivity index (χ2v) is 7.88. The third-order valence-electron chi connectivity index (χ3n) is 5.54. The largest absolute Gasteiger partial charge is 0.438 e. The SMILES string of the molecule is Cc1[nH]c(-c2c(Oc3ccc(F)c(F)c3C)ncc(C(F)(F)F)c2C)cc(=O)c1-c1ncc[nH]c1=O. The van der Waals surface area contributed by atoms with Crippen LogP contribution in [0.1, 0.15) is 22.4 Å². The average Bonchev–Trinajstić information content (AvgIpc) is 2.79. The molecule has 0 aliphatic rings. The van der Waals surface area contributed by atoms with Crippen LogP contribution in [0.25, 0.3) is 22.5 Å². The van der Waals surface area contributed by atoms with Gasteiger partial charge in [0.15, 0.2) is 17.1 Å². The van der Waals surface area contributed by atoms with Crippen molar-refractivity contribution in [3.8, 4) is 34.1 Å². The molecule has 0 unspecified atom stereocenters. The minimum Gasteiger partial charge on any atom is -0.438 e. The van der Waals surface area contributed by atoms with Crippen molar-refractivity contribution in [2.45, 2.75) is 26.9 Å². The number of H-pyrrole nitrogens is 2. The van der Waals surface area contributed by atoms with Crippen molar-refractivity contribution in [1.82, 2.24) is 19.9 Å². The summed E-state index contributed by atoms with van der Waals surface area (Å²) < 4.78 is 74.2. The number of aromatic amines is 2. The van der Waals surface area contributed by atoms with E-state index < -0.39 is 34.4 Å². The van der Waals surface area contributed by atoms with Crippen molar-refractivity contribution in [3.05, 3.63) is 91.4 Å². The highest BCUT2D eigenvalue weighted by atomic mass is 19.4. The lowest BCUT2D eigenvalue weighted by Crippen LogP contribution is -2.18. The number of hydrogen-bond donors (Lipinski definition) is 2. The predicted molar refractivity (Wildman–Crippen MR) is 120 cm³/mol. The molecule has 3 heterocycles. The molecule has 0 radical (unpaired) electrons. The molecular formula is C24H17F5N4O3. The first-order valence-electron chi connectivity index (χ1n) is 10.4. The van der Waals surface area contributed by atoms with E-state index in [2.05, 4.69) is 19.9 Å². The van der Waals surface area contributed by atoms with Gasteiger partial charge in [-0.3, -0.25) is 9.59 Å². The Balaban J connectivity index is 1.96. The van der Waals surface area contributed by atoms with Crippen LogP contribution in [0.15, 0.2) is 46.4 Å². The van der Waals surface area contributed by atoms with Gasteiger partial charge in [-0.05, 0) is 38.5 Å². The number of aryl methyl sites for hydroxylation is 1. The van der Waals surface area contributed by atoms with E-state index >= 15 is 0 Å². The summed E-state index contributed by atoms with van der Waals surface area (Å²) in [5.41, 5.74) is -3.39. The van der Waals surface area contributed by atoms with Gasteiger partial charge in [-0.2, -0.15) is 13.2 Å². The van der Waals surface area contributed by atoms with Gasteiger partial charge in [0.2, 0.25) is 5.88 Å². The molecule has 0 amide bonds. The molecule has 1 aromatic carbocycles. The standard InChI is InChI=1S/C24H17F5N4O3/c1-10-13(24(27,28)29)9-32-23(36-17-5-4-14(25)20(26)11(17)2)18(10)15-8-16(34)19(12(3)33-15)21-22(35)31-7-6-30-21/h4-9H,1-3H3,(H,31,35)(H,33,34). The van der Waals surface area contributed by atoms with Crippen LogP contribution in [-0.4, -0.2) is 19.9 Å². The first-order valence-corrected chi connectivity index (χ1v) is 10.4. The zero-order chi connectivity index (χ0) is 26.4. The topological polar surface area (TPSA) is 101 Å². The lowest BCUT2D eigenvalue weighted by atomic mass is 10.00. The summed E-state index contributed by atoms with van der Waals surface area (Å²) in [6, 6.07) is 2.90. The van der Waals surface area contributed by atoms with E-state index in [1.165, 1.54) is 26.2 Å². The summed E-state index contributed by atoms with van der Waals surface area (Å²) in [5.74, 6) is -2.88. The van der Waals surface area contributed by atoms with Gasteiger partial charge in [0, 0.05) is 35.9 Å². The fourth-order valence-corrected chi connectivity index (χ4v) is 3.76. The highest BCUT2D eigenvalue weighted by molar-refractivity contribution is 5.73. The minimum atomic E-state index is -4.78. The third kappa shape index (κ3) is 4.37. The molecule has 0 fully saturated rings.